The normalized spacial score (nSPS) is 11.8. The van der Waals surface area contributed by atoms with Crippen LogP contribution in [0.15, 0.2) is 24.3 Å². The van der Waals surface area contributed by atoms with Crippen LogP contribution in [0.5, 0.6) is 0 Å². The van der Waals surface area contributed by atoms with Crippen molar-refractivity contribution in [3.8, 4) is 0 Å². The summed E-state index contributed by atoms with van der Waals surface area (Å²) in [7, 11) is 0. The van der Waals surface area contributed by atoms with Crippen molar-refractivity contribution in [1.29, 1.82) is 0 Å². The number of aryl methyl sites for hydroxylation is 1. The van der Waals surface area contributed by atoms with Crippen LogP contribution >= 0.6 is 0 Å². The lowest BCUT2D eigenvalue weighted by molar-refractivity contribution is 0.340. The molecule has 0 atom stereocenters. The molecule has 19 heavy (non-hydrogen) atoms. The third-order valence-electron chi connectivity index (χ3n) is 3.68. The Bertz CT molecular complexity index is 341. The van der Waals surface area contributed by atoms with Crippen molar-refractivity contribution in [2.75, 3.05) is 19.6 Å². The zero-order chi connectivity index (χ0) is 14.1. The van der Waals surface area contributed by atoms with Crippen LogP contribution in [-0.2, 0) is 12.8 Å². The maximum atomic E-state index is 5.72. The van der Waals surface area contributed by atoms with Crippen LogP contribution in [0.25, 0.3) is 0 Å². The number of nitrogens with two attached hydrogens (primary N) is 1. The van der Waals surface area contributed by atoms with E-state index in [2.05, 4.69) is 50.4 Å². The van der Waals surface area contributed by atoms with Crippen LogP contribution in [0.3, 0.4) is 0 Å². The van der Waals surface area contributed by atoms with Gasteiger partial charge in [-0.1, -0.05) is 51.5 Å². The highest BCUT2D eigenvalue weighted by molar-refractivity contribution is 5.22. The molecule has 0 aliphatic heterocycles. The minimum Gasteiger partial charge on any atom is -0.330 e. The van der Waals surface area contributed by atoms with E-state index in [0.717, 1.165) is 32.5 Å². The quantitative estimate of drug-likeness (QED) is 0.671. The first-order chi connectivity index (χ1) is 9.07. The molecule has 1 aromatic carbocycles. The smallest absolute Gasteiger partial charge is 0.000835 e. The fourth-order valence-electron chi connectivity index (χ4n) is 2.05. The largest absolute Gasteiger partial charge is 0.330 e. The van der Waals surface area contributed by atoms with Gasteiger partial charge in [-0.2, -0.15) is 0 Å². The molecule has 108 valence electrons. The molecule has 0 aromatic heterocycles. The summed E-state index contributed by atoms with van der Waals surface area (Å²) in [6.07, 6.45) is 4.65. The highest BCUT2D eigenvalue weighted by Gasteiger charge is 2.13. The Morgan fingerprint density at radius 2 is 1.58 bits per heavy atom. The maximum absolute atomic E-state index is 5.72. The summed E-state index contributed by atoms with van der Waals surface area (Å²) in [5, 5.41) is 3.51. The lowest BCUT2D eigenvalue weighted by atomic mass is 9.90. The van der Waals surface area contributed by atoms with Crippen molar-refractivity contribution < 1.29 is 0 Å². The Balaban J connectivity index is 2.19. The fraction of sp³-hybridized carbons (Fsp3) is 0.647. The van der Waals surface area contributed by atoms with Gasteiger partial charge in [0.15, 0.2) is 0 Å². The average molecular weight is 262 g/mol. The van der Waals surface area contributed by atoms with Crippen LogP contribution in [-0.4, -0.2) is 19.6 Å². The molecule has 0 radical (unpaired) electrons. The zero-order valence-corrected chi connectivity index (χ0v) is 12.8. The first-order valence-electron chi connectivity index (χ1n) is 7.56. The summed E-state index contributed by atoms with van der Waals surface area (Å²) in [4.78, 5) is 0. The van der Waals surface area contributed by atoms with Gasteiger partial charge in [-0.3, -0.25) is 0 Å². The fourth-order valence-corrected chi connectivity index (χ4v) is 2.05. The minimum absolute atomic E-state index is 0.259. The van der Waals surface area contributed by atoms with Crippen LogP contribution in [0.2, 0.25) is 0 Å². The number of hydrogen-bond donors (Lipinski definition) is 2. The Hall–Kier alpha value is -0.860. The van der Waals surface area contributed by atoms with Crippen molar-refractivity contribution in [1.82, 2.24) is 5.32 Å². The van der Waals surface area contributed by atoms with Gasteiger partial charge in [0.25, 0.3) is 0 Å². The number of nitrogens with one attached hydrogen (secondary N) is 1. The summed E-state index contributed by atoms with van der Waals surface area (Å²) >= 11 is 0. The standard InChI is InChI=1S/C17H30N2/c1-4-5-15-6-8-16(9-7-15)10-12-19-13-11-17(2,3)14-18/h6-9,19H,4-5,10-14,18H2,1-3H3. The molecule has 0 fully saturated rings. The van der Waals surface area contributed by atoms with E-state index in [9.17, 15) is 0 Å². The molecule has 0 heterocycles. The van der Waals surface area contributed by atoms with E-state index in [4.69, 9.17) is 5.73 Å². The predicted octanol–water partition coefficient (Wildman–Crippen LogP) is 3.15. The molecule has 0 aliphatic carbocycles. The van der Waals surface area contributed by atoms with Crippen LogP contribution in [0.4, 0.5) is 0 Å². The molecule has 1 rings (SSSR count). The molecule has 0 amide bonds. The Morgan fingerprint density at radius 1 is 1.00 bits per heavy atom. The second-order valence-electron chi connectivity index (χ2n) is 6.18. The predicted molar refractivity (Wildman–Crippen MR) is 84.5 cm³/mol. The van der Waals surface area contributed by atoms with E-state index < -0.39 is 0 Å². The topological polar surface area (TPSA) is 38.0 Å². The SMILES string of the molecule is CCCc1ccc(CCNCCC(C)(C)CN)cc1. The highest BCUT2D eigenvalue weighted by atomic mass is 14.8. The van der Waals surface area contributed by atoms with Crippen molar-refractivity contribution in [2.24, 2.45) is 11.1 Å². The van der Waals surface area contributed by atoms with E-state index in [-0.39, 0.29) is 5.41 Å². The summed E-state index contributed by atoms with van der Waals surface area (Å²) in [5.41, 5.74) is 8.85. The molecule has 0 bridgehead atoms. The molecule has 3 N–H and O–H groups in total. The summed E-state index contributed by atoms with van der Waals surface area (Å²) < 4.78 is 0. The van der Waals surface area contributed by atoms with Gasteiger partial charge in [-0.05, 0) is 55.4 Å². The van der Waals surface area contributed by atoms with Gasteiger partial charge in [0.2, 0.25) is 0 Å². The molecule has 1 aromatic rings. The second-order valence-corrected chi connectivity index (χ2v) is 6.18. The van der Waals surface area contributed by atoms with E-state index >= 15 is 0 Å². The van der Waals surface area contributed by atoms with Gasteiger partial charge in [0, 0.05) is 0 Å². The van der Waals surface area contributed by atoms with Crippen LogP contribution in [0, 0.1) is 5.41 Å². The van der Waals surface area contributed by atoms with Gasteiger partial charge in [-0.15, -0.1) is 0 Å². The molecular formula is C17H30N2. The number of rotatable bonds is 9. The first-order valence-corrected chi connectivity index (χ1v) is 7.56. The van der Waals surface area contributed by atoms with Crippen molar-refractivity contribution in [3.63, 3.8) is 0 Å². The van der Waals surface area contributed by atoms with Crippen molar-refractivity contribution in [2.45, 2.75) is 46.5 Å². The van der Waals surface area contributed by atoms with Gasteiger partial charge in [-0.25, -0.2) is 0 Å². The Morgan fingerprint density at radius 3 is 2.11 bits per heavy atom. The summed E-state index contributed by atoms with van der Waals surface area (Å²) in [6.45, 7) is 9.53. The van der Waals surface area contributed by atoms with Crippen molar-refractivity contribution >= 4 is 0 Å². The van der Waals surface area contributed by atoms with Gasteiger partial charge >= 0.3 is 0 Å². The first kappa shape index (κ1) is 16.2. The molecular weight excluding hydrogens is 232 g/mol. The summed E-state index contributed by atoms with van der Waals surface area (Å²) in [5.74, 6) is 0. The molecule has 2 heteroatoms. The molecule has 0 aliphatic rings. The highest BCUT2D eigenvalue weighted by Crippen LogP contribution is 2.16. The Labute approximate surface area is 118 Å². The molecule has 2 nitrogen and oxygen atoms in total. The van der Waals surface area contributed by atoms with Gasteiger partial charge in [0.1, 0.15) is 0 Å². The van der Waals surface area contributed by atoms with E-state index in [0.29, 0.717) is 0 Å². The number of hydrogen-bond acceptors (Lipinski definition) is 2. The average Bonchev–Trinajstić information content (AvgIpc) is 2.40. The van der Waals surface area contributed by atoms with E-state index in [1.54, 1.807) is 0 Å². The lowest BCUT2D eigenvalue weighted by Crippen LogP contribution is -2.29. The van der Waals surface area contributed by atoms with Gasteiger partial charge < -0.3 is 11.1 Å². The maximum Gasteiger partial charge on any atom is -0.000835 e. The third kappa shape index (κ3) is 6.74. The third-order valence-corrected chi connectivity index (χ3v) is 3.68. The molecule has 0 saturated heterocycles. The molecule has 0 saturated carbocycles. The lowest BCUT2D eigenvalue weighted by Gasteiger charge is -2.22. The molecule has 0 unspecified atom stereocenters. The van der Waals surface area contributed by atoms with Gasteiger partial charge in [0.05, 0.1) is 0 Å². The minimum atomic E-state index is 0.259. The van der Waals surface area contributed by atoms with Crippen LogP contribution < -0.4 is 11.1 Å². The second kappa shape index (κ2) is 8.34. The van der Waals surface area contributed by atoms with E-state index in [1.807, 2.05) is 0 Å². The summed E-state index contributed by atoms with van der Waals surface area (Å²) in [6, 6.07) is 9.04. The molecule has 0 spiro atoms. The van der Waals surface area contributed by atoms with Crippen molar-refractivity contribution in [3.05, 3.63) is 35.4 Å². The zero-order valence-electron chi connectivity index (χ0n) is 12.8. The van der Waals surface area contributed by atoms with Crippen LogP contribution in [0.1, 0.15) is 44.7 Å². The Kier molecular flexibility index (Phi) is 7.11. The van der Waals surface area contributed by atoms with E-state index in [1.165, 1.54) is 24.0 Å². The number of benzene rings is 1. The monoisotopic (exact) mass is 262 g/mol.